The summed E-state index contributed by atoms with van der Waals surface area (Å²) in [4.78, 5) is 11.0. The molecule has 0 saturated carbocycles. The van der Waals surface area contributed by atoms with E-state index in [1.807, 2.05) is 24.3 Å². The minimum absolute atomic E-state index is 0.590. The summed E-state index contributed by atoms with van der Waals surface area (Å²) in [5, 5.41) is 4.34. The summed E-state index contributed by atoms with van der Waals surface area (Å²) in [5.74, 6) is 2.18. The lowest BCUT2D eigenvalue weighted by molar-refractivity contribution is 0.357. The van der Waals surface area contributed by atoms with E-state index in [0.29, 0.717) is 18.2 Å². The number of benzene rings is 2. The number of para-hydroxylation sites is 1. The average molecular weight is 308 g/mol. The largest absolute Gasteiger partial charge is 0.493 e. The molecule has 0 fully saturated rings. The van der Waals surface area contributed by atoms with Gasteiger partial charge in [-0.1, -0.05) is 18.2 Å². The molecular weight excluding hydrogens is 292 g/mol. The van der Waals surface area contributed by atoms with Gasteiger partial charge in [-0.25, -0.2) is 9.97 Å². The van der Waals surface area contributed by atoms with Crippen LogP contribution < -0.4 is 19.7 Å². The first kappa shape index (κ1) is 13.6. The number of methoxy groups -OCH3 is 2. The second-order valence-electron chi connectivity index (χ2n) is 5.18. The molecule has 4 rings (SSSR count). The summed E-state index contributed by atoms with van der Waals surface area (Å²) in [6.45, 7) is 0.590. The third kappa shape index (κ3) is 2.03. The highest BCUT2D eigenvalue weighted by atomic mass is 16.5. The van der Waals surface area contributed by atoms with Crippen LogP contribution in [0.2, 0.25) is 0 Å². The number of ether oxygens (including phenoxy) is 2. The van der Waals surface area contributed by atoms with Crippen LogP contribution in [-0.4, -0.2) is 30.9 Å². The van der Waals surface area contributed by atoms with E-state index >= 15 is 0 Å². The molecule has 23 heavy (non-hydrogen) atoms. The molecule has 1 N–H and O–H groups in total. The minimum Gasteiger partial charge on any atom is -0.493 e. The topological polar surface area (TPSA) is 59.5 Å². The van der Waals surface area contributed by atoms with Gasteiger partial charge >= 0.3 is 0 Å². The van der Waals surface area contributed by atoms with Crippen molar-refractivity contribution in [1.29, 1.82) is 0 Å². The van der Waals surface area contributed by atoms with Gasteiger partial charge in [-0.15, -0.1) is 0 Å². The lowest BCUT2D eigenvalue weighted by atomic mass is 10.1. The zero-order chi connectivity index (χ0) is 15.8. The number of aromatic nitrogens is 2. The van der Waals surface area contributed by atoms with E-state index in [1.54, 1.807) is 20.5 Å². The zero-order valence-corrected chi connectivity index (χ0v) is 12.9. The molecule has 6 nitrogen and oxygen atoms in total. The van der Waals surface area contributed by atoms with Gasteiger partial charge in [0.05, 0.1) is 37.5 Å². The van der Waals surface area contributed by atoms with Crippen molar-refractivity contribution >= 4 is 28.1 Å². The Morgan fingerprint density at radius 3 is 2.65 bits per heavy atom. The van der Waals surface area contributed by atoms with E-state index in [1.165, 1.54) is 0 Å². The van der Waals surface area contributed by atoms with E-state index in [9.17, 15) is 0 Å². The van der Waals surface area contributed by atoms with Crippen LogP contribution in [-0.2, 0) is 0 Å². The summed E-state index contributed by atoms with van der Waals surface area (Å²) in [6, 6.07) is 12.0. The monoisotopic (exact) mass is 308 g/mol. The molecule has 0 bridgehead atoms. The van der Waals surface area contributed by atoms with Gasteiger partial charge in [0.1, 0.15) is 12.1 Å². The van der Waals surface area contributed by atoms with Crippen LogP contribution in [0.4, 0.5) is 17.2 Å². The maximum absolute atomic E-state index is 5.53. The van der Waals surface area contributed by atoms with Gasteiger partial charge in [-0.3, -0.25) is 0 Å². The van der Waals surface area contributed by atoms with Crippen molar-refractivity contribution in [3.63, 3.8) is 0 Å². The molecule has 1 aliphatic heterocycles. The molecule has 0 spiro atoms. The van der Waals surface area contributed by atoms with Crippen LogP contribution in [0.25, 0.3) is 10.9 Å². The Balaban J connectivity index is 1.99. The lowest BCUT2D eigenvalue weighted by Crippen LogP contribution is -2.29. The van der Waals surface area contributed by atoms with Gasteiger partial charge in [-0.05, 0) is 12.1 Å². The molecule has 1 aliphatic rings. The fraction of sp³-hybridized carbons (Fsp3) is 0.176. The summed E-state index contributed by atoms with van der Waals surface area (Å²) in [5.41, 5.74) is 2.75. The van der Waals surface area contributed by atoms with Crippen LogP contribution in [0.1, 0.15) is 0 Å². The van der Waals surface area contributed by atoms with Crippen molar-refractivity contribution in [3.05, 3.63) is 42.7 Å². The lowest BCUT2D eigenvalue weighted by Gasteiger charge is -2.31. The summed E-state index contributed by atoms with van der Waals surface area (Å²) in [6.07, 6.45) is 1.58. The summed E-state index contributed by atoms with van der Waals surface area (Å²) in [7, 11) is 3.26. The fourth-order valence-electron chi connectivity index (χ4n) is 2.95. The van der Waals surface area contributed by atoms with Gasteiger partial charge in [0.15, 0.2) is 11.5 Å². The predicted molar refractivity (Wildman–Crippen MR) is 89.7 cm³/mol. The molecule has 0 radical (unpaired) electrons. The second-order valence-corrected chi connectivity index (χ2v) is 5.18. The van der Waals surface area contributed by atoms with E-state index in [-0.39, 0.29) is 0 Å². The molecule has 116 valence electrons. The van der Waals surface area contributed by atoms with E-state index in [2.05, 4.69) is 32.3 Å². The molecule has 0 unspecified atom stereocenters. The van der Waals surface area contributed by atoms with Crippen molar-refractivity contribution in [2.75, 3.05) is 31.1 Å². The first-order valence-electron chi connectivity index (χ1n) is 7.29. The van der Waals surface area contributed by atoms with Crippen LogP contribution in [0.5, 0.6) is 11.5 Å². The number of hydrogen-bond donors (Lipinski definition) is 1. The second kappa shape index (κ2) is 5.31. The Morgan fingerprint density at radius 2 is 1.91 bits per heavy atom. The molecule has 0 amide bonds. The van der Waals surface area contributed by atoms with Gasteiger partial charge in [0.2, 0.25) is 0 Å². The van der Waals surface area contributed by atoms with Crippen LogP contribution in [0.15, 0.2) is 42.7 Å². The molecule has 0 atom stereocenters. The normalized spacial score (nSPS) is 12.9. The minimum atomic E-state index is 0.590. The maximum Gasteiger partial charge on any atom is 0.184 e. The molecule has 2 aromatic carbocycles. The van der Waals surface area contributed by atoms with Crippen molar-refractivity contribution in [3.8, 4) is 11.5 Å². The van der Waals surface area contributed by atoms with Crippen molar-refractivity contribution in [2.24, 2.45) is 0 Å². The standard InChI is InChI=1S/C17H16N4O2/c1-22-13-8-12-14-15(16(13)23-2)20-10-21(17(14)19-9-18-12)11-6-4-3-5-7-11/h3-9,20H,10H2,1-2H3. The fourth-order valence-corrected chi connectivity index (χ4v) is 2.95. The zero-order valence-electron chi connectivity index (χ0n) is 12.9. The number of rotatable bonds is 3. The quantitative estimate of drug-likeness (QED) is 0.802. The number of anilines is 3. The summed E-state index contributed by atoms with van der Waals surface area (Å²) < 4.78 is 11.0. The van der Waals surface area contributed by atoms with Gasteiger partial charge < -0.3 is 19.7 Å². The average Bonchev–Trinajstić information content (AvgIpc) is 2.62. The molecule has 2 heterocycles. The highest BCUT2D eigenvalue weighted by molar-refractivity contribution is 6.06. The first-order valence-corrected chi connectivity index (χ1v) is 7.29. The maximum atomic E-state index is 5.53. The Morgan fingerprint density at radius 1 is 1.09 bits per heavy atom. The van der Waals surface area contributed by atoms with Crippen molar-refractivity contribution < 1.29 is 9.47 Å². The Hall–Kier alpha value is -3.02. The van der Waals surface area contributed by atoms with E-state index in [4.69, 9.17) is 9.47 Å². The van der Waals surface area contributed by atoms with Crippen molar-refractivity contribution in [2.45, 2.75) is 0 Å². The van der Waals surface area contributed by atoms with Gasteiger partial charge in [0.25, 0.3) is 0 Å². The smallest absolute Gasteiger partial charge is 0.184 e. The molecule has 0 saturated heterocycles. The third-order valence-corrected chi connectivity index (χ3v) is 3.99. The predicted octanol–water partition coefficient (Wildman–Crippen LogP) is 3.17. The molecule has 0 aliphatic carbocycles. The van der Waals surface area contributed by atoms with Crippen LogP contribution in [0.3, 0.4) is 0 Å². The number of nitrogens with one attached hydrogen (secondary N) is 1. The molecular formula is C17H16N4O2. The van der Waals surface area contributed by atoms with Crippen molar-refractivity contribution in [1.82, 2.24) is 9.97 Å². The number of hydrogen-bond acceptors (Lipinski definition) is 6. The Labute approximate surface area is 133 Å². The molecule has 6 heteroatoms. The highest BCUT2D eigenvalue weighted by Crippen LogP contribution is 2.46. The third-order valence-electron chi connectivity index (χ3n) is 3.99. The van der Waals surface area contributed by atoms with Crippen LogP contribution >= 0.6 is 0 Å². The Bertz CT molecular complexity index is 867. The van der Waals surface area contributed by atoms with Gasteiger partial charge in [-0.2, -0.15) is 0 Å². The van der Waals surface area contributed by atoms with Gasteiger partial charge in [0, 0.05) is 11.8 Å². The van der Waals surface area contributed by atoms with E-state index in [0.717, 1.165) is 28.1 Å². The molecule has 1 aromatic heterocycles. The van der Waals surface area contributed by atoms with Crippen LogP contribution in [0, 0.1) is 0 Å². The van der Waals surface area contributed by atoms with E-state index < -0.39 is 0 Å². The SMILES string of the molecule is COc1cc2ncnc3c2c(c1OC)NCN3c1ccccc1. The summed E-state index contributed by atoms with van der Waals surface area (Å²) >= 11 is 0. The number of nitrogens with zero attached hydrogens (tertiary/aromatic N) is 3. The highest BCUT2D eigenvalue weighted by Gasteiger charge is 2.26. The first-order chi connectivity index (χ1) is 11.3. The molecule has 3 aromatic rings. The Kier molecular flexibility index (Phi) is 3.15.